The second-order valence-electron chi connectivity index (χ2n) is 7.34. The predicted octanol–water partition coefficient (Wildman–Crippen LogP) is 1.97. The van der Waals surface area contributed by atoms with E-state index < -0.39 is 22.2 Å². The second kappa shape index (κ2) is 9.97. The van der Waals surface area contributed by atoms with E-state index in [0.29, 0.717) is 45.2 Å². The summed E-state index contributed by atoms with van der Waals surface area (Å²) in [6, 6.07) is 5.06. The molecule has 1 fully saturated rings. The van der Waals surface area contributed by atoms with E-state index in [0.717, 1.165) is 9.87 Å². The molecular formula is C19H30F3N5O2S. The molecule has 0 amide bonds. The van der Waals surface area contributed by atoms with Gasteiger partial charge in [0.2, 0.25) is 10.0 Å². The minimum absolute atomic E-state index is 0.210. The highest BCUT2D eigenvalue weighted by Gasteiger charge is 2.41. The largest absolute Gasteiger partial charge is 0.403 e. The molecule has 1 heterocycles. The fourth-order valence-corrected chi connectivity index (χ4v) is 4.00. The summed E-state index contributed by atoms with van der Waals surface area (Å²) in [4.78, 5) is 8.18. The molecule has 11 heteroatoms. The lowest BCUT2D eigenvalue weighted by Gasteiger charge is -2.39. The van der Waals surface area contributed by atoms with Crippen LogP contribution < -0.4 is 5.32 Å². The van der Waals surface area contributed by atoms with Gasteiger partial charge in [0.05, 0.1) is 11.4 Å². The summed E-state index contributed by atoms with van der Waals surface area (Å²) >= 11 is 0. The summed E-state index contributed by atoms with van der Waals surface area (Å²) in [6.45, 7) is 5.61. The standard InChI is InChI=1S/C19H30F3N5O2S/c1-5-23-18(27-12-10-26(11-13-27)15(2)19(20,21)22)24-14-16-6-8-17(9-7-16)30(28,29)25(3)4/h6-9,15H,5,10-14H2,1-4H3,(H,23,24). The van der Waals surface area contributed by atoms with Gasteiger partial charge in [0, 0.05) is 46.8 Å². The van der Waals surface area contributed by atoms with Crippen molar-refractivity contribution < 1.29 is 21.6 Å². The molecule has 1 N–H and O–H groups in total. The lowest BCUT2D eigenvalue weighted by atomic mass is 10.2. The van der Waals surface area contributed by atoms with Crippen molar-refractivity contribution in [2.75, 3.05) is 46.8 Å². The smallest absolute Gasteiger partial charge is 0.357 e. The van der Waals surface area contributed by atoms with E-state index >= 15 is 0 Å². The number of sulfonamides is 1. The summed E-state index contributed by atoms with van der Waals surface area (Å²) < 4.78 is 64.2. The molecular weight excluding hydrogens is 419 g/mol. The number of nitrogens with one attached hydrogen (secondary N) is 1. The maximum absolute atomic E-state index is 12.9. The average molecular weight is 450 g/mol. The Bertz CT molecular complexity index is 818. The van der Waals surface area contributed by atoms with Crippen LogP contribution in [0.2, 0.25) is 0 Å². The maximum Gasteiger partial charge on any atom is 0.403 e. The molecule has 0 bridgehead atoms. The van der Waals surface area contributed by atoms with Crippen molar-refractivity contribution in [1.82, 2.24) is 19.4 Å². The molecule has 0 saturated carbocycles. The number of rotatable bonds is 6. The normalized spacial score (nSPS) is 18.0. The van der Waals surface area contributed by atoms with Gasteiger partial charge in [0.25, 0.3) is 0 Å². The van der Waals surface area contributed by atoms with Crippen molar-refractivity contribution in [3.63, 3.8) is 0 Å². The second-order valence-corrected chi connectivity index (χ2v) is 9.49. The lowest BCUT2D eigenvalue weighted by Crippen LogP contribution is -2.56. The SMILES string of the molecule is CCNC(=NCc1ccc(S(=O)(=O)N(C)C)cc1)N1CCN(C(C)C(F)(F)F)CC1. The molecule has 1 atom stereocenters. The summed E-state index contributed by atoms with van der Waals surface area (Å²) in [7, 11) is -0.526. The third kappa shape index (κ3) is 6.08. The number of piperazine rings is 1. The lowest BCUT2D eigenvalue weighted by molar-refractivity contribution is -0.181. The van der Waals surface area contributed by atoms with Crippen molar-refractivity contribution >= 4 is 16.0 Å². The molecule has 1 aliphatic rings. The summed E-state index contributed by atoms with van der Waals surface area (Å²) in [5.74, 6) is 0.641. The third-order valence-corrected chi connectivity index (χ3v) is 6.91. The van der Waals surface area contributed by atoms with Crippen molar-refractivity contribution in [3.8, 4) is 0 Å². The van der Waals surface area contributed by atoms with Crippen LogP contribution in [0.15, 0.2) is 34.2 Å². The van der Waals surface area contributed by atoms with E-state index in [4.69, 9.17) is 0 Å². The summed E-state index contributed by atoms with van der Waals surface area (Å²) in [5.41, 5.74) is 0.840. The Hall–Kier alpha value is -1.85. The number of hydrogen-bond acceptors (Lipinski definition) is 4. The highest BCUT2D eigenvalue weighted by Crippen LogP contribution is 2.25. The van der Waals surface area contributed by atoms with Crippen LogP contribution in [0.4, 0.5) is 13.2 Å². The van der Waals surface area contributed by atoms with Gasteiger partial charge in [-0.3, -0.25) is 4.90 Å². The predicted molar refractivity (Wildman–Crippen MR) is 111 cm³/mol. The highest BCUT2D eigenvalue weighted by atomic mass is 32.2. The Labute approximate surface area is 176 Å². The van der Waals surface area contributed by atoms with Crippen LogP contribution in [0, 0.1) is 0 Å². The highest BCUT2D eigenvalue weighted by molar-refractivity contribution is 7.89. The number of nitrogens with zero attached hydrogens (tertiary/aromatic N) is 4. The number of aliphatic imine (C=N–C) groups is 1. The number of alkyl halides is 3. The molecule has 1 aliphatic heterocycles. The fraction of sp³-hybridized carbons (Fsp3) is 0.632. The fourth-order valence-electron chi connectivity index (χ4n) is 3.10. The zero-order valence-electron chi connectivity index (χ0n) is 17.8. The first-order valence-corrected chi connectivity index (χ1v) is 11.3. The van der Waals surface area contributed by atoms with E-state index in [1.165, 1.54) is 25.9 Å². The Morgan fingerprint density at radius 3 is 2.20 bits per heavy atom. The molecule has 0 spiro atoms. The van der Waals surface area contributed by atoms with Gasteiger partial charge in [-0.2, -0.15) is 13.2 Å². The van der Waals surface area contributed by atoms with Crippen molar-refractivity contribution in [1.29, 1.82) is 0 Å². The monoisotopic (exact) mass is 449 g/mol. The Morgan fingerprint density at radius 2 is 1.73 bits per heavy atom. The molecule has 30 heavy (non-hydrogen) atoms. The van der Waals surface area contributed by atoms with Crippen LogP contribution in [-0.2, 0) is 16.6 Å². The summed E-state index contributed by atoms with van der Waals surface area (Å²) in [6.07, 6.45) is -4.23. The Kier molecular flexibility index (Phi) is 8.12. The van der Waals surface area contributed by atoms with E-state index in [1.807, 2.05) is 11.8 Å². The third-order valence-electron chi connectivity index (χ3n) is 5.08. The van der Waals surface area contributed by atoms with E-state index in [1.54, 1.807) is 24.3 Å². The Morgan fingerprint density at radius 1 is 1.17 bits per heavy atom. The van der Waals surface area contributed by atoms with Gasteiger partial charge in [-0.1, -0.05) is 12.1 Å². The number of benzene rings is 1. The molecule has 0 radical (unpaired) electrons. The van der Waals surface area contributed by atoms with Gasteiger partial charge in [-0.25, -0.2) is 17.7 Å². The van der Waals surface area contributed by atoms with Crippen LogP contribution in [0.25, 0.3) is 0 Å². The zero-order valence-corrected chi connectivity index (χ0v) is 18.6. The van der Waals surface area contributed by atoms with Crippen molar-refractivity contribution in [3.05, 3.63) is 29.8 Å². The first kappa shape index (κ1) is 24.4. The van der Waals surface area contributed by atoms with E-state index in [9.17, 15) is 21.6 Å². The minimum atomic E-state index is -4.23. The minimum Gasteiger partial charge on any atom is -0.357 e. The zero-order chi connectivity index (χ0) is 22.5. The first-order valence-electron chi connectivity index (χ1n) is 9.82. The molecule has 2 rings (SSSR count). The number of halogens is 3. The first-order chi connectivity index (χ1) is 14.0. The average Bonchev–Trinajstić information content (AvgIpc) is 2.70. The number of hydrogen-bond donors (Lipinski definition) is 1. The van der Waals surface area contributed by atoms with Gasteiger partial charge in [0.15, 0.2) is 5.96 Å². The molecule has 1 unspecified atom stereocenters. The molecule has 1 aromatic carbocycles. The Balaban J connectivity index is 2.03. The molecule has 1 saturated heterocycles. The van der Waals surface area contributed by atoms with Crippen LogP contribution in [0.1, 0.15) is 19.4 Å². The van der Waals surface area contributed by atoms with E-state index in [2.05, 4.69) is 10.3 Å². The van der Waals surface area contributed by atoms with Gasteiger partial charge >= 0.3 is 6.18 Å². The van der Waals surface area contributed by atoms with Crippen molar-refractivity contribution in [2.45, 2.75) is 37.5 Å². The van der Waals surface area contributed by atoms with Gasteiger partial charge < -0.3 is 10.2 Å². The molecule has 7 nitrogen and oxygen atoms in total. The molecule has 0 aliphatic carbocycles. The van der Waals surface area contributed by atoms with Gasteiger partial charge in [-0.15, -0.1) is 0 Å². The van der Waals surface area contributed by atoms with Crippen LogP contribution in [0.3, 0.4) is 0 Å². The summed E-state index contributed by atoms with van der Waals surface area (Å²) in [5, 5.41) is 3.18. The van der Waals surface area contributed by atoms with Crippen LogP contribution >= 0.6 is 0 Å². The molecule has 0 aromatic heterocycles. The van der Waals surface area contributed by atoms with E-state index in [-0.39, 0.29) is 4.90 Å². The quantitative estimate of drug-likeness (QED) is 0.531. The molecule has 1 aromatic rings. The van der Waals surface area contributed by atoms with Crippen molar-refractivity contribution in [2.24, 2.45) is 4.99 Å². The van der Waals surface area contributed by atoms with Gasteiger partial charge in [-0.05, 0) is 31.5 Å². The van der Waals surface area contributed by atoms with Crippen LogP contribution in [-0.4, -0.2) is 87.5 Å². The maximum atomic E-state index is 12.9. The molecule has 170 valence electrons. The topological polar surface area (TPSA) is 68.2 Å². The number of guanidine groups is 1. The van der Waals surface area contributed by atoms with Crippen LogP contribution in [0.5, 0.6) is 0 Å². The van der Waals surface area contributed by atoms with Gasteiger partial charge in [0.1, 0.15) is 6.04 Å².